The summed E-state index contributed by atoms with van der Waals surface area (Å²) in [5.74, 6) is -0.819. The number of hydrogen-bond donors (Lipinski definition) is 0. The molecule has 0 aliphatic rings. The fourth-order valence-electron chi connectivity index (χ4n) is 10.1. The zero-order chi connectivity index (χ0) is 49.1. The van der Waals surface area contributed by atoms with Crippen molar-refractivity contribution in [3.05, 3.63) is 93.8 Å². The Morgan fingerprint density at radius 1 is 0.391 bits per heavy atom. The van der Waals surface area contributed by atoms with Crippen molar-refractivity contribution in [2.24, 2.45) is 0 Å². The van der Waals surface area contributed by atoms with Gasteiger partial charge in [0.05, 0.1) is 4.92 Å². The molecule has 0 amide bonds. The summed E-state index contributed by atoms with van der Waals surface area (Å²) >= 11 is 0. The maximum Gasteiger partial charge on any atom is 0.304 e. The van der Waals surface area contributed by atoms with Crippen molar-refractivity contribution in [2.45, 2.75) is 271 Å². The molecule has 0 N–H and O–H groups in total. The van der Waals surface area contributed by atoms with Crippen molar-refractivity contribution < 1.29 is 9.31 Å². The average molecular weight is 952 g/mol. The van der Waals surface area contributed by atoms with Gasteiger partial charge in [-0.1, -0.05) is 306 Å². The van der Waals surface area contributed by atoms with Crippen LogP contribution in [0.25, 0.3) is 23.3 Å². The Kier molecular flexibility index (Phi) is 36.6. The minimum Gasteiger partial charge on any atom is -0.372 e. The first kappa shape index (κ1) is 59.8. The van der Waals surface area contributed by atoms with Crippen LogP contribution in [0.2, 0.25) is 0 Å². The van der Waals surface area contributed by atoms with Crippen molar-refractivity contribution in [3.8, 4) is 11.1 Å². The first-order valence-electron chi connectivity index (χ1n) is 29.6. The lowest BCUT2D eigenvalue weighted by molar-refractivity contribution is -0.387. The third kappa shape index (κ3) is 30.8. The molecule has 3 aromatic carbocycles. The zero-order valence-corrected chi connectivity index (χ0v) is 44.8. The van der Waals surface area contributed by atoms with E-state index < -0.39 is 16.4 Å². The third-order valence-electron chi connectivity index (χ3n) is 14.7. The second-order valence-corrected chi connectivity index (χ2v) is 20.9. The van der Waals surface area contributed by atoms with E-state index in [1.807, 2.05) is 6.08 Å². The van der Waals surface area contributed by atoms with E-state index in [0.717, 1.165) is 24.2 Å². The zero-order valence-electron chi connectivity index (χ0n) is 44.8. The molecule has 4 nitrogen and oxygen atoms in total. The summed E-state index contributed by atoms with van der Waals surface area (Å²) in [7, 11) is 0. The van der Waals surface area contributed by atoms with Crippen LogP contribution in [0, 0.1) is 15.9 Å². The van der Waals surface area contributed by atoms with E-state index in [-0.39, 0.29) is 0 Å². The predicted octanol–water partition coefficient (Wildman–Crippen LogP) is 22.0. The number of anilines is 1. The molecular weight excluding hydrogens is 848 g/mol. The maximum absolute atomic E-state index is 14.1. The van der Waals surface area contributed by atoms with E-state index in [2.05, 4.69) is 67.3 Å². The van der Waals surface area contributed by atoms with Crippen molar-refractivity contribution in [2.75, 3.05) is 18.0 Å². The molecule has 5 heteroatoms. The monoisotopic (exact) mass is 951 g/mol. The number of benzene rings is 3. The van der Waals surface area contributed by atoms with Crippen LogP contribution >= 0.6 is 0 Å². The fourth-order valence-corrected chi connectivity index (χ4v) is 10.1. The van der Waals surface area contributed by atoms with Crippen molar-refractivity contribution >= 4 is 23.5 Å². The molecule has 0 fully saturated rings. The lowest BCUT2D eigenvalue weighted by atomic mass is 10.0. The minimum absolute atomic E-state index is 0.502. The standard InChI is InChI=1S/C64H103FN2O2/c1-3-5-7-9-11-13-15-17-19-21-23-25-27-29-31-33-35-37-39-41-55-66(56-42-40-38-36-34-32-30-28-26-24-22-20-18-16-14-12-10-8-6-4-2)62-52-50-61(51-53-62)60-48-45-58(46-49-60)43-44-59-47-54-64(67(68)69)63(65)57-59/h43-54,57H,3-42,55-56H2,1-2H3/b44-43+. The molecule has 0 spiro atoms. The Hall–Kier alpha value is -3.47. The van der Waals surface area contributed by atoms with Gasteiger partial charge in [-0.15, -0.1) is 0 Å². The van der Waals surface area contributed by atoms with Crippen LogP contribution in [-0.4, -0.2) is 18.0 Å². The van der Waals surface area contributed by atoms with Crippen LogP contribution in [0.4, 0.5) is 15.8 Å². The lowest BCUT2D eigenvalue weighted by Gasteiger charge is -2.25. The van der Waals surface area contributed by atoms with E-state index in [9.17, 15) is 14.5 Å². The third-order valence-corrected chi connectivity index (χ3v) is 14.7. The molecule has 0 bridgehead atoms. The fraction of sp³-hybridized carbons (Fsp3) is 0.688. The topological polar surface area (TPSA) is 46.4 Å². The smallest absolute Gasteiger partial charge is 0.304 e. The molecule has 0 aromatic heterocycles. The summed E-state index contributed by atoms with van der Waals surface area (Å²) in [6, 6.07) is 21.5. The molecular formula is C64H103FN2O2. The second kappa shape index (κ2) is 42.2. The molecule has 0 saturated carbocycles. The van der Waals surface area contributed by atoms with E-state index in [0.29, 0.717) is 5.56 Å². The normalized spacial score (nSPS) is 11.6. The number of unbranched alkanes of at least 4 members (excludes halogenated alkanes) is 38. The van der Waals surface area contributed by atoms with E-state index in [1.165, 1.54) is 280 Å². The first-order valence-corrected chi connectivity index (χ1v) is 29.6. The highest BCUT2D eigenvalue weighted by Gasteiger charge is 2.13. The number of rotatable bonds is 47. The van der Waals surface area contributed by atoms with Gasteiger partial charge in [-0.05, 0) is 59.4 Å². The summed E-state index contributed by atoms with van der Waals surface area (Å²) in [5.41, 5.74) is 4.78. The number of halogens is 1. The summed E-state index contributed by atoms with van der Waals surface area (Å²) in [6.07, 6.45) is 60.3. The summed E-state index contributed by atoms with van der Waals surface area (Å²) in [5, 5.41) is 11.0. The molecule has 0 heterocycles. The number of nitro benzene ring substituents is 1. The Morgan fingerprint density at radius 2 is 0.667 bits per heavy atom. The van der Waals surface area contributed by atoms with E-state index in [4.69, 9.17) is 0 Å². The molecule has 0 aliphatic carbocycles. The Bertz CT molecular complexity index is 1630. The summed E-state index contributed by atoms with van der Waals surface area (Å²) in [4.78, 5) is 12.9. The van der Waals surface area contributed by atoms with Gasteiger partial charge in [0, 0.05) is 24.8 Å². The predicted molar refractivity (Wildman–Crippen MR) is 302 cm³/mol. The quantitative estimate of drug-likeness (QED) is 0.0245. The molecule has 69 heavy (non-hydrogen) atoms. The SMILES string of the molecule is CCCCCCCCCCCCCCCCCCCCCCN(CCCCCCCCCCCCCCCCCCCCCC)c1ccc(-c2ccc(/C=C/c3ccc([N+](=O)[O-])c(F)c3)cc2)cc1. The van der Waals surface area contributed by atoms with Crippen LogP contribution in [-0.2, 0) is 0 Å². The summed E-state index contributed by atoms with van der Waals surface area (Å²) in [6.45, 7) is 6.88. The van der Waals surface area contributed by atoms with Gasteiger partial charge < -0.3 is 4.90 Å². The van der Waals surface area contributed by atoms with Gasteiger partial charge in [0.25, 0.3) is 0 Å². The molecule has 3 aromatic rings. The largest absolute Gasteiger partial charge is 0.372 e. The first-order chi connectivity index (χ1) is 34.0. The van der Waals surface area contributed by atoms with Crippen molar-refractivity contribution in [1.29, 1.82) is 0 Å². The van der Waals surface area contributed by atoms with Crippen LogP contribution in [0.15, 0.2) is 66.7 Å². The highest BCUT2D eigenvalue weighted by Crippen LogP contribution is 2.26. The van der Waals surface area contributed by atoms with Crippen molar-refractivity contribution in [3.63, 3.8) is 0 Å². The van der Waals surface area contributed by atoms with Gasteiger partial charge in [0.2, 0.25) is 5.82 Å². The molecule has 0 saturated heterocycles. The second-order valence-electron chi connectivity index (χ2n) is 20.9. The number of hydrogen-bond acceptors (Lipinski definition) is 3. The van der Waals surface area contributed by atoms with Crippen LogP contribution in [0.5, 0.6) is 0 Å². The van der Waals surface area contributed by atoms with Gasteiger partial charge in [-0.2, -0.15) is 4.39 Å². The van der Waals surface area contributed by atoms with Gasteiger partial charge in [0.1, 0.15) is 0 Å². The van der Waals surface area contributed by atoms with Crippen molar-refractivity contribution in [1.82, 2.24) is 0 Å². The van der Waals surface area contributed by atoms with Gasteiger partial charge in [0.15, 0.2) is 0 Å². The van der Waals surface area contributed by atoms with E-state index in [1.54, 1.807) is 12.1 Å². The maximum atomic E-state index is 14.1. The molecule has 3 rings (SSSR count). The Morgan fingerprint density at radius 3 is 0.971 bits per heavy atom. The van der Waals surface area contributed by atoms with Crippen LogP contribution < -0.4 is 4.90 Å². The van der Waals surface area contributed by atoms with Gasteiger partial charge >= 0.3 is 5.69 Å². The average Bonchev–Trinajstić information content (AvgIpc) is 3.36. The van der Waals surface area contributed by atoms with Crippen LogP contribution in [0.1, 0.15) is 282 Å². The van der Waals surface area contributed by atoms with Gasteiger partial charge in [-0.3, -0.25) is 10.1 Å². The number of nitrogens with zero attached hydrogens (tertiary/aromatic N) is 2. The number of nitro groups is 1. The minimum atomic E-state index is -0.819. The molecule has 0 radical (unpaired) electrons. The van der Waals surface area contributed by atoms with Crippen LogP contribution in [0.3, 0.4) is 0 Å². The highest BCUT2D eigenvalue weighted by molar-refractivity contribution is 5.73. The molecule has 0 aliphatic heterocycles. The van der Waals surface area contributed by atoms with E-state index >= 15 is 0 Å². The molecule has 0 unspecified atom stereocenters. The van der Waals surface area contributed by atoms with Gasteiger partial charge in [-0.25, -0.2) is 0 Å². The Labute approximate surface area is 424 Å². The molecule has 0 atom stereocenters. The Balaban J connectivity index is 1.32. The molecule has 388 valence electrons. The lowest BCUT2D eigenvalue weighted by Crippen LogP contribution is -2.25. The highest BCUT2D eigenvalue weighted by atomic mass is 19.1. The summed E-state index contributed by atoms with van der Waals surface area (Å²) < 4.78 is 14.1.